The molecule has 0 aliphatic rings. The molecule has 1 amide bonds. The van der Waals surface area contributed by atoms with Crippen molar-refractivity contribution in [2.24, 2.45) is 0 Å². The lowest BCUT2D eigenvalue weighted by molar-refractivity contribution is -0.120. The van der Waals surface area contributed by atoms with Crippen molar-refractivity contribution in [1.29, 1.82) is 0 Å². The third-order valence-electron chi connectivity index (χ3n) is 4.06. The number of para-hydroxylation sites is 2. The van der Waals surface area contributed by atoms with E-state index in [4.69, 9.17) is 0 Å². The first kappa shape index (κ1) is 17.0. The van der Waals surface area contributed by atoms with Crippen LogP contribution in [0.25, 0.3) is 11.0 Å². The van der Waals surface area contributed by atoms with Crippen molar-refractivity contribution in [1.82, 2.24) is 14.9 Å². The van der Waals surface area contributed by atoms with E-state index in [1.54, 1.807) is 6.20 Å². The number of carbonyl (C=O) groups is 1. The molecule has 1 heterocycles. The van der Waals surface area contributed by atoms with Gasteiger partial charge in [-0.25, -0.2) is 9.37 Å². The highest BCUT2D eigenvalue weighted by Gasteiger charge is 2.19. The van der Waals surface area contributed by atoms with Gasteiger partial charge in [0.25, 0.3) is 0 Å². The van der Waals surface area contributed by atoms with Crippen molar-refractivity contribution < 1.29 is 9.18 Å². The van der Waals surface area contributed by atoms with E-state index in [1.807, 2.05) is 43.1 Å². The predicted molar refractivity (Wildman–Crippen MR) is 95.5 cm³/mol. The summed E-state index contributed by atoms with van der Waals surface area (Å²) >= 11 is 0. The molecule has 0 spiro atoms. The molecule has 0 aliphatic carbocycles. The monoisotopic (exact) mass is 338 g/mol. The maximum atomic E-state index is 12.9. The van der Waals surface area contributed by atoms with Gasteiger partial charge >= 0.3 is 0 Å². The summed E-state index contributed by atoms with van der Waals surface area (Å²) in [6.45, 7) is 2.31. The third kappa shape index (κ3) is 4.16. The summed E-state index contributed by atoms with van der Waals surface area (Å²) in [4.78, 5) is 23.2. The second-order valence-corrected chi connectivity index (χ2v) is 5.94. The maximum Gasteiger partial charge on any atom is 0.241 e. The first-order chi connectivity index (χ1) is 12.0. The average molecular weight is 338 g/mol. The lowest BCUT2D eigenvalue weighted by Gasteiger charge is -2.23. The lowest BCUT2D eigenvalue weighted by Crippen LogP contribution is -2.39. The highest BCUT2D eigenvalue weighted by molar-refractivity contribution is 5.94. The molecule has 0 bridgehead atoms. The number of nitrogens with zero attached hydrogens (tertiary/aromatic N) is 3. The summed E-state index contributed by atoms with van der Waals surface area (Å²) in [6, 6.07) is 13.0. The molecule has 1 N–H and O–H groups in total. The summed E-state index contributed by atoms with van der Waals surface area (Å²) in [6.07, 6.45) is 1.73. The minimum absolute atomic E-state index is 0.164. The minimum atomic E-state index is -0.377. The van der Waals surface area contributed by atoms with E-state index in [0.717, 1.165) is 16.7 Å². The van der Waals surface area contributed by atoms with E-state index < -0.39 is 0 Å². The van der Waals surface area contributed by atoms with Crippen LogP contribution in [0.1, 0.15) is 12.6 Å². The quantitative estimate of drug-likeness (QED) is 0.776. The van der Waals surface area contributed by atoms with Gasteiger partial charge in [0.1, 0.15) is 5.82 Å². The molecule has 5 nitrogen and oxygen atoms in total. The molecule has 0 aliphatic heterocycles. The van der Waals surface area contributed by atoms with Crippen LogP contribution >= 0.6 is 0 Å². The van der Waals surface area contributed by atoms with E-state index in [9.17, 15) is 9.18 Å². The van der Waals surface area contributed by atoms with Crippen molar-refractivity contribution in [3.05, 3.63) is 66.2 Å². The minimum Gasteiger partial charge on any atom is -0.325 e. The Hall–Kier alpha value is -2.86. The van der Waals surface area contributed by atoms with Gasteiger partial charge in [-0.15, -0.1) is 0 Å². The van der Waals surface area contributed by atoms with Crippen molar-refractivity contribution in [2.45, 2.75) is 19.5 Å². The van der Waals surface area contributed by atoms with Gasteiger partial charge in [-0.2, -0.15) is 0 Å². The number of amides is 1. The van der Waals surface area contributed by atoms with E-state index >= 15 is 0 Å². The van der Waals surface area contributed by atoms with Crippen LogP contribution in [0, 0.1) is 5.82 Å². The van der Waals surface area contributed by atoms with E-state index in [-0.39, 0.29) is 17.8 Å². The van der Waals surface area contributed by atoms with Gasteiger partial charge in [0.15, 0.2) is 0 Å². The van der Waals surface area contributed by atoms with Crippen LogP contribution in [0.5, 0.6) is 0 Å². The number of hydrogen-bond donors (Lipinski definition) is 1. The van der Waals surface area contributed by atoms with E-state index in [2.05, 4.69) is 15.3 Å². The molecule has 1 aromatic heterocycles. The van der Waals surface area contributed by atoms with Crippen LogP contribution in [0.2, 0.25) is 0 Å². The van der Waals surface area contributed by atoms with Gasteiger partial charge in [0.05, 0.1) is 29.0 Å². The molecule has 3 aromatic rings. The molecule has 0 saturated heterocycles. The Kier molecular flexibility index (Phi) is 5.00. The smallest absolute Gasteiger partial charge is 0.241 e. The summed E-state index contributed by atoms with van der Waals surface area (Å²) in [5, 5.41) is 2.78. The van der Waals surface area contributed by atoms with Crippen LogP contribution in [0.3, 0.4) is 0 Å². The molecule has 0 fully saturated rings. The molecule has 25 heavy (non-hydrogen) atoms. The average Bonchev–Trinajstić information content (AvgIpc) is 2.62. The number of carbonyl (C=O) groups excluding carboxylic acids is 1. The van der Waals surface area contributed by atoms with Crippen molar-refractivity contribution in [3.8, 4) is 0 Å². The molecule has 2 aromatic carbocycles. The number of hydrogen-bond acceptors (Lipinski definition) is 4. The lowest BCUT2D eigenvalue weighted by atomic mass is 10.2. The van der Waals surface area contributed by atoms with Crippen molar-refractivity contribution in [2.75, 3.05) is 12.4 Å². The molecule has 3 rings (SSSR count). The van der Waals surface area contributed by atoms with E-state index in [0.29, 0.717) is 12.2 Å². The topological polar surface area (TPSA) is 58.1 Å². The Labute approximate surface area is 145 Å². The Morgan fingerprint density at radius 2 is 1.84 bits per heavy atom. The highest BCUT2D eigenvalue weighted by atomic mass is 19.1. The number of rotatable bonds is 5. The zero-order valence-corrected chi connectivity index (χ0v) is 14.1. The third-order valence-corrected chi connectivity index (χ3v) is 4.06. The summed E-state index contributed by atoms with van der Waals surface area (Å²) in [7, 11) is 1.85. The zero-order valence-electron chi connectivity index (χ0n) is 14.1. The number of nitrogens with one attached hydrogen (secondary N) is 1. The number of aromatic nitrogens is 2. The first-order valence-corrected chi connectivity index (χ1v) is 8.00. The summed E-state index contributed by atoms with van der Waals surface area (Å²) in [5.74, 6) is -0.499. The first-order valence-electron chi connectivity index (χ1n) is 8.00. The largest absolute Gasteiger partial charge is 0.325 e. The van der Waals surface area contributed by atoms with E-state index in [1.165, 1.54) is 24.3 Å². The van der Waals surface area contributed by atoms with Crippen molar-refractivity contribution >= 4 is 22.6 Å². The highest BCUT2D eigenvalue weighted by Crippen LogP contribution is 2.12. The second-order valence-electron chi connectivity index (χ2n) is 5.94. The molecular formula is C19H19FN4O. The molecule has 6 heteroatoms. The summed E-state index contributed by atoms with van der Waals surface area (Å²) < 4.78 is 12.9. The normalized spacial score (nSPS) is 12.3. The standard InChI is InChI=1S/C19H19FN4O/c1-13(19(25)23-15-9-7-14(20)8-10-15)24(2)12-16-11-21-17-5-3-4-6-18(17)22-16/h3-11,13H,12H2,1-2H3,(H,23,25)/t13-/m0/s1. The molecule has 0 saturated carbocycles. The molecule has 1 atom stereocenters. The summed E-state index contributed by atoms with van der Waals surface area (Å²) in [5.41, 5.74) is 3.03. The number of fused-ring (bicyclic) bond motifs is 1. The fraction of sp³-hybridized carbons (Fsp3) is 0.211. The Bertz CT molecular complexity index is 882. The van der Waals surface area contributed by atoms with Crippen LogP contribution in [0.4, 0.5) is 10.1 Å². The van der Waals surface area contributed by atoms with Gasteiger partial charge in [-0.3, -0.25) is 14.7 Å². The number of anilines is 1. The fourth-order valence-electron chi connectivity index (χ4n) is 2.44. The Balaban J connectivity index is 1.65. The van der Waals surface area contributed by atoms with Gasteiger partial charge in [0.2, 0.25) is 5.91 Å². The second kappa shape index (κ2) is 7.36. The van der Waals surface area contributed by atoms with Crippen molar-refractivity contribution in [3.63, 3.8) is 0 Å². The van der Waals surface area contributed by atoms with Crippen LogP contribution in [-0.4, -0.2) is 33.9 Å². The molecule has 128 valence electrons. The van der Waals surface area contributed by atoms with Gasteiger partial charge in [0, 0.05) is 12.2 Å². The molecule has 0 unspecified atom stereocenters. The van der Waals surface area contributed by atoms with Gasteiger partial charge < -0.3 is 5.32 Å². The number of benzene rings is 2. The van der Waals surface area contributed by atoms with Gasteiger partial charge in [-0.05, 0) is 50.4 Å². The predicted octanol–water partition coefficient (Wildman–Crippen LogP) is 3.23. The number of likely N-dealkylation sites (N-methyl/N-ethyl adjacent to an activating group) is 1. The zero-order chi connectivity index (χ0) is 17.8. The fourth-order valence-corrected chi connectivity index (χ4v) is 2.44. The van der Waals surface area contributed by atoms with Gasteiger partial charge in [-0.1, -0.05) is 12.1 Å². The Morgan fingerprint density at radius 1 is 1.16 bits per heavy atom. The molecule has 0 radical (unpaired) electrons. The van der Waals surface area contributed by atoms with Crippen LogP contribution in [0.15, 0.2) is 54.7 Å². The SMILES string of the molecule is C[C@@H](C(=O)Nc1ccc(F)cc1)N(C)Cc1cnc2ccccc2n1. The Morgan fingerprint density at radius 3 is 2.56 bits per heavy atom. The number of halogens is 1. The maximum absolute atomic E-state index is 12.9. The molecular weight excluding hydrogens is 319 g/mol. The van der Waals surface area contributed by atoms with Crippen LogP contribution in [-0.2, 0) is 11.3 Å². The van der Waals surface area contributed by atoms with Crippen LogP contribution < -0.4 is 5.32 Å².